The number of hydrogen-bond acceptors (Lipinski definition) is 5. The summed E-state index contributed by atoms with van der Waals surface area (Å²) in [5, 5.41) is 14.9. The molecule has 0 amide bonds. The van der Waals surface area contributed by atoms with Crippen LogP contribution in [0.15, 0.2) is 35.5 Å². The molecule has 3 aromatic rings. The molecule has 0 fully saturated rings. The van der Waals surface area contributed by atoms with Crippen LogP contribution in [-0.2, 0) is 6.42 Å². The van der Waals surface area contributed by atoms with Crippen molar-refractivity contribution in [1.29, 1.82) is 0 Å². The molecular formula is C18H15N3O3. The zero-order valence-electron chi connectivity index (χ0n) is 12.8. The number of hydrogen-bond donors (Lipinski definition) is 3. The van der Waals surface area contributed by atoms with Gasteiger partial charge < -0.3 is 24.9 Å². The minimum atomic E-state index is 0.167. The van der Waals surface area contributed by atoms with Crippen molar-refractivity contribution in [3.63, 3.8) is 0 Å². The maximum atomic E-state index is 10.5. The third-order valence-electron chi connectivity index (χ3n) is 4.45. The Morgan fingerprint density at radius 1 is 1.17 bits per heavy atom. The van der Waals surface area contributed by atoms with E-state index in [2.05, 4.69) is 15.3 Å². The Bertz CT molecular complexity index is 991. The van der Waals surface area contributed by atoms with Gasteiger partial charge in [0.2, 0.25) is 6.79 Å². The quantitative estimate of drug-likeness (QED) is 0.500. The molecule has 0 atom stereocenters. The van der Waals surface area contributed by atoms with Gasteiger partial charge in [-0.1, -0.05) is 0 Å². The van der Waals surface area contributed by atoms with Gasteiger partial charge in [0.15, 0.2) is 17.2 Å². The van der Waals surface area contributed by atoms with Gasteiger partial charge in [-0.2, -0.15) is 0 Å². The fourth-order valence-corrected chi connectivity index (χ4v) is 3.27. The van der Waals surface area contributed by atoms with Gasteiger partial charge in [-0.05, 0) is 41.8 Å². The lowest BCUT2D eigenvalue weighted by Crippen LogP contribution is -2.09. The van der Waals surface area contributed by atoms with Gasteiger partial charge in [-0.3, -0.25) is 4.99 Å². The van der Waals surface area contributed by atoms with Crippen LogP contribution in [0, 0.1) is 0 Å². The minimum Gasteiger partial charge on any atom is -0.504 e. The molecule has 2 aliphatic rings. The Morgan fingerprint density at radius 3 is 3.04 bits per heavy atom. The SMILES string of the molecule is Oc1c(N=Cc2ccc3c(c2)OCO3)cc2c3c(c[nH]c13)CCN2. The van der Waals surface area contributed by atoms with Crippen LogP contribution in [-0.4, -0.2) is 29.6 Å². The van der Waals surface area contributed by atoms with Crippen LogP contribution in [0.4, 0.5) is 11.4 Å². The van der Waals surface area contributed by atoms with Gasteiger partial charge >= 0.3 is 0 Å². The van der Waals surface area contributed by atoms with E-state index in [1.807, 2.05) is 30.5 Å². The average molecular weight is 321 g/mol. The molecule has 0 radical (unpaired) electrons. The number of nitrogens with zero attached hydrogens (tertiary/aromatic N) is 1. The Kier molecular flexibility index (Phi) is 2.73. The highest BCUT2D eigenvalue weighted by Gasteiger charge is 2.19. The maximum absolute atomic E-state index is 10.5. The van der Waals surface area contributed by atoms with Crippen molar-refractivity contribution in [3.8, 4) is 17.2 Å². The van der Waals surface area contributed by atoms with E-state index < -0.39 is 0 Å². The predicted molar refractivity (Wildman–Crippen MR) is 92.0 cm³/mol. The maximum Gasteiger partial charge on any atom is 0.231 e. The summed E-state index contributed by atoms with van der Waals surface area (Å²) in [5.74, 6) is 1.62. The Labute approximate surface area is 137 Å². The van der Waals surface area contributed by atoms with Crippen molar-refractivity contribution in [1.82, 2.24) is 4.98 Å². The molecule has 3 N–H and O–H groups in total. The van der Waals surface area contributed by atoms with Crippen molar-refractivity contribution in [2.75, 3.05) is 18.7 Å². The summed E-state index contributed by atoms with van der Waals surface area (Å²) in [6.45, 7) is 1.13. The number of anilines is 1. The fourth-order valence-electron chi connectivity index (χ4n) is 3.27. The summed E-state index contributed by atoms with van der Waals surface area (Å²) >= 11 is 0. The van der Waals surface area contributed by atoms with Crippen LogP contribution in [0.3, 0.4) is 0 Å². The van der Waals surface area contributed by atoms with Crippen LogP contribution in [0.2, 0.25) is 0 Å². The molecule has 6 nitrogen and oxygen atoms in total. The monoisotopic (exact) mass is 321 g/mol. The second-order valence-corrected chi connectivity index (χ2v) is 5.90. The van der Waals surface area contributed by atoms with Crippen molar-refractivity contribution in [2.45, 2.75) is 6.42 Å². The van der Waals surface area contributed by atoms with Crippen molar-refractivity contribution in [3.05, 3.63) is 41.6 Å². The number of benzene rings is 2. The molecule has 2 aromatic carbocycles. The zero-order chi connectivity index (χ0) is 16.1. The highest BCUT2D eigenvalue weighted by Crippen LogP contribution is 2.42. The molecule has 24 heavy (non-hydrogen) atoms. The van der Waals surface area contributed by atoms with E-state index in [1.165, 1.54) is 5.56 Å². The highest BCUT2D eigenvalue weighted by atomic mass is 16.7. The number of aromatic amines is 1. The van der Waals surface area contributed by atoms with Gasteiger partial charge in [-0.15, -0.1) is 0 Å². The van der Waals surface area contributed by atoms with Crippen LogP contribution in [0.25, 0.3) is 10.9 Å². The molecule has 0 unspecified atom stereocenters. The molecular weight excluding hydrogens is 306 g/mol. The van der Waals surface area contributed by atoms with Gasteiger partial charge in [0.05, 0.1) is 5.52 Å². The van der Waals surface area contributed by atoms with Gasteiger partial charge in [0.25, 0.3) is 0 Å². The topological polar surface area (TPSA) is 78.9 Å². The molecule has 3 heterocycles. The third-order valence-corrected chi connectivity index (χ3v) is 4.45. The number of rotatable bonds is 2. The number of ether oxygens (including phenoxy) is 2. The van der Waals surface area contributed by atoms with Gasteiger partial charge in [-0.25, -0.2) is 0 Å². The minimum absolute atomic E-state index is 0.167. The van der Waals surface area contributed by atoms with Gasteiger partial charge in [0, 0.05) is 30.0 Å². The predicted octanol–water partition coefficient (Wildman–Crippen LogP) is 3.32. The molecule has 6 heteroatoms. The molecule has 5 rings (SSSR count). The Balaban J connectivity index is 1.56. The molecule has 0 saturated carbocycles. The number of nitrogens with one attached hydrogen (secondary N) is 2. The third kappa shape index (κ3) is 1.93. The molecule has 0 aliphatic carbocycles. The number of phenols is 1. The second-order valence-electron chi connectivity index (χ2n) is 5.90. The lowest BCUT2D eigenvalue weighted by atomic mass is 10.0. The Hall–Kier alpha value is -3.15. The lowest BCUT2D eigenvalue weighted by molar-refractivity contribution is 0.174. The smallest absolute Gasteiger partial charge is 0.231 e. The summed E-state index contributed by atoms with van der Waals surface area (Å²) < 4.78 is 10.7. The number of fused-ring (bicyclic) bond motifs is 1. The molecule has 0 bridgehead atoms. The van der Waals surface area contributed by atoms with E-state index in [1.54, 1.807) is 6.21 Å². The number of aromatic hydroxyl groups is 1. The van der Waals surface area contributed by atoms with E-state index in [0.717, 1.165) is 40.9 Å². The van der Waals surface area contributed by atoms with Crippen LogP contribution in [0.1, 0.15) is 11.1 Å². The van der Waals surface area contributed by atoms with Gasteiger partial charge in [0.1, 0.15) is 5.69 Å². The van der Waals surface area contributed by atoms with E-state index in [-0.39, 0.29) is 12.5 Å². The summed E-state index contributed by atoms with van der Waals surface area (Å²) in [5.41, 5.74) is 4.36. The molecule has 0 spiro atoms. The van der Waals surface area contributed by atoms with E-state index >= 15 is 0 Å². The van der Waals surface area contributed by atoms with Crippen LogP contribution >= 0.6 is 0 Å². The van der Waals surface area contributed by atoms with Crippen LogP contribution < -0.4 is 14.8 Å². The highest BCUT2D eigenvalue weighted by molar-refractivity contribution is 6.03. The first kappa shape index (κ1) is 13.3. The summed E-state index contributed by atoms with van der Waals surface area (Å²) in [4.78, 5) is 7.62. The standard InChI is InChI=1S/C18H15N3O3/c22-18-13(6-12-16-11(3-4-19-12)8-21-17(16)18)20-7-10-1-2-14-15(5-10)24-9-23-14/h1-2,5-8,19,21-22H,3-4,9H2. The van der Waals surface area contributed by atoms with E-state index in [9.17, 15) is 5.11 Å². The summed E-state index contributed by atoms with van der Waals surface area (Å²) in [6.07, 6.45) is 4.62. The van der Waals surface area contributed by atoms with Crippen molar-refractivity contribution < 1.29 is 14.6 Å². The number of phenolic OH excluding ortho intramolecular Hbond substituents is 1. The zero-order valence-corrected chi connectivity index (χ0v) is 12.8. The first-order valence-corrected chi connectivity index (χ1v) is 7.83. The lowest BCUT2D eigenvalue weighted by Gasteiger charge is -2.16. The van der Waals surface area contributed by atoms with Crippen LogP contribution in [0.5, 0.6) is 17.2 Å². The average Bonchev–Trinajstić information content (AvgIpc) is 3.24. The number of aromatic nitrogens is 1. The van der Waals surface area contributed by atoms with Crippen molar-refractivity contribution in [2.24, 2.45) is 4.99 Å². The van der Waals surface area contributed by atoms with E-state index in [0.29, 0.717) is 11.4 Å². The van der Waals surface area contributed by atoms with E-state index in [4.69, 9.17) is 9.47 Å². The molecule has 2 aliphatic heterocycles. The Morgan fingerprint density at radius 2 is 2.08 bits per heavy atom. The fraction of sp³-hybridized carbons (Fsp3) is 0.167. The first-order valence-electron chi connectivity index (χ1n) is 7.83. The number of aliphatic imine (C=N–C) groups is 1. The molecule has 0 saturated heterocycles. The largest absolute Gasteiger partial charge is 0.504 e. The van der Waals surface area contributed by atoms with Crippen molar-refractivity contribution >= 4 is 28.5 Å². The summed E-state index contributed by atoms with van der Waals surface area (Å²) in [7, 11) is 0. The second kappa shape index (κ2) is 4.92. The summed E-state index contributed by atoms with van der Waals surface area (Å²) in [6, 6.07) is 7.52. The first-order chi connectivity index (χ1) is 11.8. The molecule has 120 valence electrons. The molecule has 1 aromatic heterocycles. The normalized spacial score (nSPS) is 15.2. The number of H-pyrrole nitrogens is 1.